The predicted octanol–water partition coefficient (Wildman–Crippen LogP) is 1.78. The summed E-state index contributed by atoms with van der Waals surface area (Å²) in [6.07, 6.45) is 0. The van der Waals surface area contributed by atoms with Crippen LogP contribution in [0.4, 0.5) is 5.82 Å². The molecule has 0 spiro atoms. The number of nitrogen functional groups attached to an aromatic ring is 1. The molecule has 1 heterocycles. The van der Waals surface area contributed by atoms with E-state index in [4.69, 9.17) is 22.4 Å². The summed E-state index contributed by atoms with van der Waals surface area (Å²) in [7, 11) is 0. The van der Waals surface area contributed by atoms with Crippen molar-refractivity contribution >= 4 is 39.3 Å². The van der Waals surface area contributed by atoms with E-state index in [1.807, 2.05) is 0 Å². The quantitative estimate of drug-likeness (QED) is 0.746. The van der Waals surface area contributed by atoms with Crippen molar-refractivity contribution in [1.29, 1.82) is 0 Å². The number of nitrogens with zero attached hydrogens (tertiary/aromatic N) is 1. The molecule has 1 aromatic heterocycles. The number of carbonyl (C=O) groups is 1. The Labute approximate surface area is 81.5 Å². The molecule has 3 N–H and O–H groups in total. The number of anilines is 1. The van der Waals surface area contributed by atoms with Gasteiger partial charge in [-0.15, -0.1) is 0 Å². The second-order valence-electron chi connectivity index (χ2n) is 2.00. The predicted molar refractivity (Wildman–Crippen MR) is 48.3 cm³/mol. The van der Waals surface area contributed by atoms with Gasteiger partial charge in [0.1, 0.15) is 16.0 Å². The smallest absolute Gasteiger partial charge is 0.339 e. The Balaban J connectivity index is 3.33. The molecule has 0 bridgehead atoms. The second-order valence-corrected chi connectivity index (χ2v) is 3.16. The fourth-order valence-electron chi connectivity index (χ4n) is 0.651. The van der Waals surface area contributed by atoms with Crippen LogP contribution < -0.4 is 5.73 Å². The molecule has 6 heteroatoms. The maximum atomic E-state index is 10.5. The molecular weight excluding hydrogens is 247 g/mol. The number of pyridine rings is 1. The molecule has 0 fully saturated rings. The average Bonchev–Trinajstić information content (AvgIpc) is 1.96. The molecule has 0 aromatic carbocycles. The molecule has 0 radical (unpaired) electrons. The topological polar surface area (TPSA) is 76.2 Å². The third kappa shape index (κ3) is 1.67. The number of halogens is 2. The summed E-state index contributed by atoms with van der Waals surface area (Å²) in [6.45, 7) is 0. The van der Waals surface area contributed by atoms with Gasteiger partial charge in [0, 0.05) is 0 Å². The molecule has 12 heavy (non-hydrogen) atoms. The number of nitrogens with two attached hydrogens (primary N) is 1. The minimum absolute atomic E-state index is 0.0567. The molecular formula is C6H4BrClN2O2. The summed E-state index contributed by atoms with van der Waals surface area (Å²) in [5.74, 6) is -1.20. The van der Waals surface area contributed by atoms with E-state index in [1.165, 1.54) is 6.07 Å². The molecule has 1 rings (SSSR count). The number of carboxylic acid groups (broad SMARTS) is 1. The van der Waals surface area contributed by atoms with Gasteiger partial charge in [-0.1, -0.05) is 11.6 Å². The molecule has 0 amide bonds. The van der Waals surface area contributed by atoms with Crippen molar-refractivity contribution in [3.63, 3.8) is 0 Å². The van der Waals surface area contributed by atoms with Crippen LogP contribution in [0.5, 0.6) is 0 Å². The van der Waals surface area contributed by atoms with Crippen LogP contribution in [0.2, 0.25) is 5.02 Å². The monoisotopic (exact) mass is 250 g/mol. The molecule has 0 saturated heterocycles. The molecule has 0 aliphatic carbocycles. The zero-order chi connectivity index (χ0) is 9.30. The highest BCUT2D eigenvalue weighted by Crippen LogP contribution is 2.24. The van der Waals surface area contributed by atoms with E-state index >= 15 is 0 Å². The first kappa shape index (κ1) is 9.28. The molecule has 0 saturated carbocycles. The van der Waals surface area contributed by atoms with E-state index in [2.05, 4.69) is 20.9 Å². The number of rotatable bonds is 1. The van der Waals surface area contributed by atoms with Crippen LogP contribution in [-0.4, -0.2) is 16.1 Å². The van der Waals surface area contributed by atoms with Gasteiger partial charge < -0.3 is 10.8 Å². The fraction of sp³-hybridized carbons (Fsp3) is 0. The molecule has 0 atom stereocenters. The van der Waals surface area contributed by atoms with Crippen molar-refractivity contribution in [2.24, 2.45) is 0 Å². The summed E-state index contributed by atoms with van der Waals surface area (Å²) in [4.78, 5) is 14.2. The van der Waals surface area contributed by atoms with E-state index in [1.54, 1.807) is 0 Å². The van der Waals surface area contributed by atoms with Crippen LogP contribution in [-0.2, 0) is 0 Å². The number of hydrogen-bond acceptors (Lipinski definition) is 3. The van der Waals surface area contributed by atoms with Gasteiger partial charge in [-0.3, -0.25) is 0 Å². The van der Waals surface area contributed by atoms with Crippen LogP contribution in [0, 0.1) is 0 Å². The Hall–Kier alpha value is -0.810. The van der Waals surface area contributed by atoms with E-state index in [0.717, 1.165) is 0 Å². The minimum Gasteiger partial charge on any atom is -0.478 e. The van der Waals surface area contributed by atoms with Crippen molar-refractivity contribution in [2.75, 3.05) is 5.73 Å². The van der Waals surface area contributed by atoms with Gasteiger partial charge in [0.15, 0.2) is 0 Å². The van der Waals surface area contributed by atoms with Crippen LogP contribution in [0.1, 0.15) is 10.4 Å². The average molecular weight is 251 g/mol. The molecule has 0 aliphatic heterocycles. The van der Waals surface area contributed by atoms with Crippen LogP contribution in [0.15, 0.2) is 10.7 Å². The lowest BCUT2D eigenvalue weighted by Crippen LogP contribution is -2.04. The van der Waals surface area contributed by atoms with Gasteiger partial charge in [0.2, 0.25) is 0 Å². The summed E-state index contributed by atoms with van der Waals surface area (Å²) >= 11 is 8.61. The zero-order valence-corrected chi connectivity index (χ0v) is 8.06. The fourth-order valence-corrected chi connectivity index (χ4v) is 1.11. The normalized spacial score (nSPS) is 9.83. The summed E-state index contributed by atoms with van der Waals surface area (Å²) in [5, 5.41) is 8.81. The Morgan fingerprint density at radius 2 is 2.33 bits per heavy atom. The van der Waals surface area contributed by atoms with Gasteiger partial charge in [-0.2, -0.15) is 0 Å². The van der Waals surface area contributed by atoms with Gasteiger partial charge in [0.25, 0.3) is 0 Å². The highest BCUT2D eigenvalue weighted by molar-refractivity contribution is 9.10. The number of aromatic carboxylic acids is 1. The molecule has 1 aromatic rings. The summed E-state index contributed by atoms with van der Waals surface area (Å²) in [6, 6.07) is 1.25. The third-order valence-corrected chi connectivity index (χ3v) is 2.31. The second kappa shape index (κ2) is 3.28. The van der Waals surface area contributed by atoms with Gasteiger partial charge in [0.05, 0.1) is 5.02 Å². The van der Waals surface area contributed by atoms with Crippen LogP contribution in [0.3, 0.4) is 0 Å². The molecule has 64 valence electrons. The van der Waals surface area contributed by atoms with Crippen LogP contribution >= 0.6 is 27.5 Å². The highest BCUT2D eigenvalue weighted by Gasteiger charge is 2.11. The lowest BCUT2D eigenvalue weighted by molar-refractivity contribution is 0.0697. The Bertz CT molecular complexity index is 343. The van der Waals surface area contributed by atoms with E-state index in [0.29, 0.717) is 4.60 Å². The van der Waals surface area contributed by atoms with Crippen molar-refractivity contribution in [3.05, 3.63) is 21.3 Å². The first-order valence-electron chi connectivity index (χ1n) is 2.87. The summed E-state index contributed by atoms with van der Waals surface area (Å²) in [5.41, 5.74) is 5.22. The first-order valence-corrected chi connectivity index (χ1v) is 4.04. The number of carboxylic acids is 1. The molecule has 0 aliphatic rings. The lowest BCUT2D eigenvalue weighted by atomic mass is 10.2. The van der Waals surface area contributed by atoms with Gasteiger partial charge in [-0.25, -0.2) is 9.78 Å². The largest absolute Gasteiger partial charge is 0.478 e. The molecule has 4 nitrogen and oxygen atoms in total. The number of aromatic nitrogens is 1. The van der Waals surface area contributed by atoms with Gasteiger partial charge in [-0.05, 0) is 22.0 Å². The SMILES string of the molecule is Nc1nc(Br)c(Cl)cc1C(=O)O. The van der Waals surface area contributed by atoms with E-state index in [-0.39, 0.29) is 16.4 Å². The van der Waals surface area contributed by atoms with Crippen molar-refractivity contribution in [3.8, 4) is 0 Å². The van der Waals surface area contributed by atoms with E-state index < -0.39 is 5.97 Å². The minimum atomic E-state index is -1.14. The van der Waals surface area contributed by atoms with E-state index in [9.17, 15) is 4.79 Å². The lowest BCUT2D eigenvalue weighted by Gasteiger charge is -2.01. The first-order chi connectivity index (χ1) is 5.52. The summed E-state index contributed by atoms with van der Waals surface area (Å²) < 4.78 is 0.340. The zero-order valence-electron chi connectivity index (χ0n) is 5.71. The standard InChI is InChI=1S/C6H4BrClN2O2/c7-4-3(8)1-2(6(11)12)5(9)10-4/h1H,(H2,9,10)(H,11,12). The van der Waals surface area contributed by atoms with Crippen molar-refractivity contribution in [2.45, 2.75) is 0 Å². The maximum absolute atomic E-state index is 10.5. The Kier molecular flexibility index (Phi) is 2.54. The van der Waals surface area contributed by atoms with Crippen molar-refractivity contribution in [1.82, 2.24) is 4.98 Å². The Morgan fingerprint density at radius 1 is 1.75 bits per heavy atom. The third-order valence-electron chi connectivity index (χ3n) is 1.19. The van der Waals surface area contributed by atoms with Crippen LogP contribution in [0.25, 0.3) is 0 Å². The highest BCUT2D eigenvalue weighted by atomic mass is 79.9. The maximum Gasteiger partial charge on any atom is 0.339 e. The number of hydrogen-bond donors (Lipinski definition) is 2. The van der Waals surface area contributed by atoms with Gasteiger partial charge >= 0.3 is 5.97 Å². The van der Waals surface area contributed by atoms with Crippen molar-refractivity contribution < 1.29 is 9.90 Å². The Morgan fingerprint density at radius 3 is 2.83 bits per heavy atom. The molecule has 0 unspecified atom stereocenters.